The van der Waals surface area contributed by atoms with E-state index >= 15 is 0 Å². The highest BCUT2D eigenvalue weighted by atomic mass is 16.2. The fraction of sp³-hybridized carbons (Fsp3) is 0.692. The second-order valence-corrected chi connectivity index (χ2v) is 5.20. The van der Waals surface area contributed by atoms with E-state index in [1.54, 1.807) is 0 Å². The molecule has 106 valence electrons. The van der Waals surface area contributed by atoms with Gasteiger partial charge in [0.1, 0.15) is 0 Å². The number of carbonyl (C=O) groups excluding carboxylic acids is 1. The number of piperazine rings is 1. The molecular formula is C13H23N5O. The molecule has 1 amide bonds. The molecule has 1 aliphatic heterocycles. The number of hydrogen-bond donors (Lipinski definition) is 1. The third-order valence-electron chi connectivity index (χ3n) is 3.41. The lowest BCUT2D eigenvalue weighted by molar-refractivity contribution is -0.132. The second kappa shape index (κ2) is 6.16. The van der Waals surface area contributed by atoms with E-state index in [1.807, 2.05) is 35.5 Å². The van der Waals surface area contributed by atoms with Gasteiger partial charge in [-0.1, -0.05) is 0 Å². The van der Waals surface area contributed by atoms with Crippen molar-refractivity contribution in [3.05, 3.63) is 17.5 Å². The summed E-state index contributed by atoms with van der Waals surface area (Å²) in [5, 5.41) is 7.57. The minimum atomic E-state index is 0.211. The van der Waals surface area contributed by atoms with E-state index in [0.29, 0.717) is 6.54 Å². The smallest absolute Gasteiger partial charge is 0.236 e. The van der Waals surface area contributed by atoms with Crippen LogP contribution in [-0.2, 0) is 18.4 Å². The molecule has 2 rings (SSSR count). The molecule has 19 heavy (non-hydrogen) atoms. The Bertz CT molecular complexity index is 436. The van der Waals surface area contributed by atoms with Crippen molar-refractivity contribution in [3.8, 4) is 0 Å². The van der Waals surface area contributed by atoms with E-state index in [-0.39, 0.29) is 5.91 Å². The van der Waals surface area contributed by atoms with Crippen molar-refractivity contribution < 1.29 is 4.79 Å². The van der Waals surface area contributed by atoms with Crippen LogP contribution in [0.3, 0.4) is 0 Å². The summed E-state index contributed by atoms with van der Waals surface area (Å²) < 4.78 is 1.88. The molecule has 0 aromatic carbocycles. The van der Waals surface area contributed by atoms with Crippen LogP contribution in [0.4, 0.5) is 0 Å². The second-order valence-electron chi connectivity index (χ2n) is 5.20. The number of nitrogens with one attached hydrogen (secondary N) is 1. The zero-order valence-corrected chi connectivity index (χ0v) is 12.0. The molecule has 0 bridgehead atoms. The van der Waals surface area contributed by atoms with Crippen LogP contribution in [0.1, 0.15) is 11.4 Å². The molecular weight excluding hydrogens is 242 g/mol. The Hall–Kier alpha value is -1.40. The topological polar surface area (TPSA) is 53.4 Å². The lowest BCUT2D eigenvalue weighted by Crippen LogP contribution is -2.49. The molecule has 0 spiro atoms. The van der Waals surface area contributed by atoms with Crippen molar-refractivity contribution in [2.45, 2.75) is 13.5 Å². The third kappa shape index (κ3) is 3.78. The number of aryl methyl sites for hydroxylation is 2. The van der Waals surface area contributed by atoms with E-state index in [4.69, 9.17) is 0 Å². The quantitative estimate of drug-likeness (QED) is 0.804. The van der Waals surface area contributed by atoms with Crippen molar-refractivity contribution >= 4 is 5.91 Å². The first-order valence-corrected chi connectivity index (χ1v) is 6.73. The van der Waals surface area contributed by atoms with Gasteiger partial charge < -0.3 is 10.2 Å². The Kier molecular flexibility index (Phi) is 4.55. The number of amides is 1. The Balaban J connectivity index is 1.85. The average Bonchev–Trinajstić information content (AvgIpc) is 2.68. The van der Waals surface area contributed by atoms with E-state index < -0.39 is 0 Å². The fourth-order valence-electron chi connectivity index (χ4n) is 2.39. The van der Waals surface area contributed by atoms with Gasteiger partial charge in [-0.3, -0.25) is 14.4 Å². The van der Waals surface area contributed by atoms with Gasteiger partial charge in [0.05, 0.1) is 17.9 Å². The van der Waals surface area contributed by atoms with Gasteiger partial charge in [-0.05, 0) is 20.0 Å². The number of nitrogens with zero attached hydrogens (tertiary/aromatic N) is 4. The van der Waals surface area contributed by atoms with Gasteiger partial charge in [0, 0.05) is 39.8 Å². The maximum absolute atomic E-state index is 12.1. The highest BCUT2D eigenvalue weighted by Crippen LogP contribution is 2.05. The zero-order valence-electron chi connectivity index (χ0n) is 12.0. The monoisotopic (exact) mass is 265 g/mol. The normalized spacial score (nSPS) is 16.1. The number of aromatic nitrogens is 2. The van der Waals surface area contributed by atoms with Crippen LogP contribution in [-0.4, -0.2) is 65.3 Å². The van der Waals surface area contributed by atoms with Crippen LogP contribution in [0.15, 0.2) is 6.07 Å². The summed E-state index contributed by atoms with van der Waals surface area (Å²) in [7, 11) is 3.91. The van der Waals surface area contributed by atoms with Gasteiger partial charge in [-0.2, -0.15) is 5.10 Å². The van der Waals surface area contributed by atoms with E-state index in [1.165, 1.54) is 0 Å². The van der Waals surface area contributed by atoms with Gasteiger partial charge >= 0.3 is 0 Å². The number of hydrogen-bond acceptors (Lipinski definition) is 4. The van der Waals surface area contributed by atoms with Gasteiger partial charge in [0.25, 0.3) is 0 Å². The standard InChI is InChI=1S/C13H23N5O/c1-11-8-12(17(3)15-11)9-16(2)10-13(19)18-6-4-14-5-7-18/h8,14H,4-7,9-10H2,1-3H3. The summed E-state index contributed by atoms with van der Waals surface area (Å²) in [5.41, 5.74) is 2.15. The van der Waals surface area contributed by atoms with Gasteiger partial charge in [-0.25, -0.2) is 0 Å². The number of rotatable bonds is 4. The molecule has 0 radical (unpaired) electrons. The van der Waals surface area contributed by atoms with Crippen molar-refractivity contribution in [1.29, 1.82) is 0 Å². The van der Waals surface area contributed by atoms with Crippen molar-refractivity contribution in [1.82, 2.24) is 24.9 Å². The van der Waals surface area contributed by atoms with Crippen LogP contribution in [0, 0.1) is 6.92 Å². The predicted molar refractivity (Wildman–Crippen MR) is 73.7 cm³/mol. The SMILES string of the molecule is Cc1cc(CN(C)CC(=O)N2CCNCC2)n(C)n1. The number of likely N-dealkylation sites (N-methyl/N-ethyl adjacent to an activating group) is 1. The maximum atomic E-state index is 12.1. The average molecular weight is 265 g/mol. The molecule has 0 saturated carbocycles. The molecule has 1 aromatic rings. The molecule has 6 nitrogen and oxygen atoms in total. The molecule has 6 heteroatoms. The highest BCUT2D eigenvalue weighted by molar-refractivity contribution is 5.78. The van der Waals surface area contributed by atoms with Crippen LogP contribution < -0.4 is 5.32 Å². The molecule has 1 aromatic heterocycles. The first-order chi connectivity index (χ1) is 9.06. The minimum absolute atomic E-state index is 0.211. The molecule has 1 N–H and O–H groups in total. The predicted octanol–water partition coefficient (Wildman–Crippen LogP) is -0.408. The molecule has 1 saturated heterocycles. The summed E-state index contributed by atoms with van der Waals surface area (Å²) >= 11 is 0. The van der Waals surface area contributed by atoms with Gasteiger partial charge in [0.15, 0.2) is 0 Å². The van der Waals surface area contributed by atoms with Gasteiger partial charge in [0.2, 0.25) is 5.91 Å². The lowest BCUT2D eigenvalue weighted by Gasteiger charge is -2.29. The van der Waals surface area contributed by atoms with Crippen LogP contribution >= 0.6 is 0 Å². The molecule has 1 fully saturated rings. The van der Waals surface area contributed by atoms with E-state index in [0.717, 1.165) is 44.1 Å². The first-order valence-electron chi connectivity index (χ1n) is 6.73. The van der Waals surface area contributed by atoms with E-state index in [9.17, 15) is 4.79 Å². The lowest BCUT2D eigenvalue weighted by atomic mass is 10.3. The van der Waals surface area contributed by atoms with E-state index in [2.05, 4.69) is 16.5 Å². The van der Waals surface area contributed by atoms with Crippen LogP contribution in [0.2, 0.25) is 0 Å². The number of carbonyl (C=O) groups is 1. The molecule has 1 aliphatic rings. The molecule has 0 aliphatic carbocycles. The molecule has 0 unspecified atom stereocenters. The summed E-state index contributed by atoms with van der Waals surface area (Å²) in [6.07, 6.45) is 0. The zero-order chi connectivity index (χ0) is 13.8. The van der Waals surface area contributed by atoms with Crippen molar-refractivity contribution in [3.63, 3.8) is 0 Å². The van der Waals surface area contributed by atoms with Crippen LogP contribution in [0.25, 0.3) is 0 Å². The minimum Gasteiger partial charge on any atom is -0.339 e. The Morgan fingerprint density at radius 2 is 2.16 bits per heavy atom. The molecule has 0 atom stereocenters. The summed E-state index contributed by atoms with van der Waals surface area (Å²) in [6.45, 7) is 6.62. The third-order valence-corrected chi connectivity index (χ3v) is 3.41. The molecule has 2 heterocycles. The summed E-state index contributed by atoms with van der Waals surface area (Å²) in [6, 6.07) is 2.06. The Labute approximate surface area is 114 Å². The van der Waals surface area contributed by atoms with Crippen LogP contribution in [0.5, 0.6) is 0 Å². The summed E-state index contributed by atoms with van der Waals surface area (Å²) in [5.74, 6) is 0.211. The highest BCUT2D eigenvalue weighted by Gasteiger charge is 2.18. The Morgan fingerprint density at radius 3 is 2.74 bits per heavy atom. The Morgan fingerprint density at radius 1 is 1.47 bits per heavy atom. The fourth-order valence-corrected chi connectivity index (χ4v) is 2.39. The summed E-state index contributed by atoms with van der Waals surface area (Å²) in [4.78, 5) is 16.1. The van der Waals surface area contributed by atoms with Gasteiger partial charge in [-0.15, -0.1) is 0 Å². The maximum Gasteiger partial charge on any atom is 0.236 e. The largest absolute Gasteiger partial charge is 0.339 e. The van der Waals surface area contributed by atoms with Crippen molar-refractivity contribution in [2.75, 3.05) is 39.8 Å². The van der Waals surface area contributed by atoms with Crippen molar-refractivity contribution in [2.24, 2.45) is 7.05 Å². The first kappa shape index (κ1) is 14.0.